The van der Waals surface area contributed by atoms with Gasteiger partial charge < -0.3 is 10.3 Å². The van der Waals surface area contributed by atoms with Gasteiger partial charge in [-0.05, 0) is 12.1 Å². The van der Waals surface area contributed by atoms with Crippen LogP contribution in [0.4, 0.5) is 13.2 Å². The van der Waals surface area contributed by atoms with Crippen LogP contribution in [0.2, 0.25) is 0 Å². The van der Waals surface area contributed by atoms with Crippen molar-refractivity contribution in [3.05, 3.63) is 24.2 Å². The third-order valence-electron chi connectivity index (χ3n) is 2.11. The molecule has 0 atom stereocenters. The van der Waals surface area contributed by atoms with Crippen molar-refractivity contribution in [1.82, 2.24) is 14.5 Å². The van der Waals surface area contributed by atoms with Gasteiger partial charge in [0.25, 0.3) is 0 Å². The Kier molecular flexibility index (Phi) is 2.55. The van der Waals surface area contributed by atoms with Crippen LogP contribution in [0.1, 0.15) is 5.82 Å². The minimum atomic E-state index is -4.49. The van der Waals surface area contributed by atoms with Gasteiger partial charge in [-0.2, -0.15) is 13.2 Å². The summed E-state index contributed by atoms with van der Waals surface area (Å²) in [4.78, 5) is 7.40. The summed E-state index contributed by atoms with van der Waals surface area (Å²) in [5.41, 5.74) is 5.71. The van der Waals surface area contributed by atoms with Crippen molar-refractivity contribution in [3.8, 4) is 0 Å². The maximum absolute atomic E-state index is 12.7. The lowest BCUT2D eigenvalue weighted by Crippen LogP contribution is -2.19. The Hall–Kier alpha value is -1.63. The van der Waals surface area contributed by atoms with E-state index in [9.17, 15) is 13.2 Å². The van der Waals surface area contributed by atoms with Crippen LogP contribution >= 0.6 is 0 Å². The van der Waals surface area contributed by atoms with E-state index in [0.717, 1.165) is 4.57 Å². The molecule has 0 fully saturated rings. The highest BCUT2D eigenvalue weighted by Gasteiger charge is 2.37. The molecule has 2 heterocycles. The fraction of sp³-hybridized carbons (Fsp3) is 0.333. The summed E-state index contributed by atoms with van der Waals surface area (Å²) in [7, 11) is 0. The summed E-state index contributed by atoms with van der Waals surface area (Å²) in [5.74, 6) is -0.952. The quantitative estimate of drug-likeness (QED) is 0.848. The Morgan fingerprint density at radius 1 is 1.38 bits per heavy atom. The largest absolute Gasteiger partial charge is 0.449 e. The maximum atomic E-state index is 12.7. The zero-order valence-electron chi connectivity index (χ0n) is 8.20. The molecule has 86 valence electrons. The van der Waals surface area contributed by atoms with Crippen molar-refractivity contribution in [2.24, 2.45) is 5.73 Å². The molecule has 2 N–H and O–H groups in total. The predicted octanol–water partition coefficient (Wildman–Crippen LogP) is 1.41. The average molecular weight is 230 g/mol. The normalized spacial score (nSPS) is 12.2. The van der Waals surface area contributed by atoms with Crippen LogP contribution in [-0.4, -0.2) is 21.1 Å². The molecular weight excluding hydrogens is 221 g/mol. The SMILES string of the molecule is NCCn1c(C(F)(F)F)nc2cccnc21. The van der Waals surface area contributed by atoms with Crippen LogP contribution in [0.5, 0.6) is 0 Å². The lowest BCUT2D eigenvalue weighted by Gasteiger charge is -2.08. The van der Waals surface area contributed by atoms with E-state index in [4.69, 9.17) is 5.73 Å². The van der Waals surface area contributed by atoms with Crippen molar-refractivity contribution in [1.29, 1.82) is 0 Å². The number of hydrogen-bond donors (Lipinski definition) is 1. The predicted molar refractivity (Wildman–Crippen MR) is 51.6 cm³/mol. The molecule has 7 heteroatoms. The molecule has 0 saturated heterocycles. The van der Waals surface area contributed by atoms with Crippen molar-refractivity contribution >= 4 is 11.2 Å². The summed E-state index contributed by atoms with van der Waals surface area (Å²) in [6.45, 7) is 0.146. The molecule has 0 aliphatic rings. The molecule has 0 spiro atoms. The molecule has 0 bridgehead atoms. The first kappa shape index (κ1) is 10.9. The molecule has 4 nitrogen and oxygen atoms in total. The smallest absolute Gasteiger partial charge is 0.329 e. The molecule has 16 heavy (non-hydrogen) atoms. The van der Waals surface area contributed by atoms with E-state index in [1.807, 2.05) is 0 Å². The highest BCUT2D eigenvalue weighted by atomic mass is 19.4. The number of halogens is 3. The topological polar surface area (TPSA) is 56.7 Å². The summed E-state index contributed by atoms with van der Waals surface area (Å²) in [6, 6.07) is 3.03. The van der Waals surface area contributed by atoms with E-state index in [1.54, 1.807) is 6.07 Å². The van der Waals surface area contributed by atoms with Crippen molar-refractivity contribution in [2.45, 2.75) is 12.7 Å². The number of pyridine rings is 1. The van der Waals surface area contributed by atoms with Crippen LogP contribution in [0.3, 0.4) is 0 Å². The lowest BCUT2D eigenvalue weighted by atomic mass is 10.4. The summed E-state index contributed by atoms with van der Waals surface area (Å²) < 4.78 is 39.0. The molecular formula is C9H9F3N4. The Balaban J connectivity index is 2.68. The van der Waals surface area contributed by atoms with Crippen molar-refractivity contribution in [3.63, 3.8) is 0 Å². The van der Waals surface area contributed by atoms with Gasteiger partial charge in [-0.1, -0.05) is 0 Å². The fourth-order valence-corrected chi connectivity index (χ4v) is 1.52. The maximum Gasteiger partial charge on any atom is 0.449 e. The second-order valence-electron chi connectivity index (χ2n) is 3.22. The second kappa shape index (κ2) is 3.75. The number of fused-ring (bicyclic) bond motifs is 1. The van der Waals surface area contributed by atoms with Gasteiger partial charge in [-0.3, -0.25) is 0 Å². The number of imidazole rings is 1. The molecule has 0 unspecified atom stereocenters. The number of aromatic nitrogens is 3. The minimum Gasteiger partial charge on any atom is -0.329 e. The third-order valence-corrected chi connectivity index (χ3v) is 2.11. The number of nitrogens with zero attached hydrogens (tertiary/aromatic N) is 3. The molecule has 0 amide bonds. The highest BCUT2D eigenvalue weighted by Crippen LogP contribution is 2.30. The van der Waals surface area contributed by atoms with Crippen LogP contribution in [0.25, 0.3) is 11.2 Å². The zero-order chi connectivity index (χ0) is 11.8. The first-order chi connectivity index (χ1) is 7.54. The number of rotatable bonds is 2. The monoisotopic (exact) mass is 230 g/mol. The standard InChI is InChI=1S/C9H9F3N4/c10-9(11,12)8-15-6-2-1-4-14-7(6)16(8)5-3-13/h1-2,4H,3,5,13H2. The van der Waals surface area contributed by atoms with Gasteiger partial charge in [0.2, 0.25) is 5.82 Å². The number of alkyl halides is 3. The second-order valence-corrected chi connectivity index (χ2v) is 3.22. The molecule has 0 radical (unpaired) electrons. The fourth-order valence-electron chi connectivity index (χ4n) is 1.52. The molecule has 2 aromatic heterocycles. The van der Waals surface area contributed by atoms with Gasteiger partial charge >= 0.3 is 6.18 Å². The van der Waals surface area contributed by atoms with Gasteiger partial charge in [-0.15, -0.1) is 0 Å². The van der Waals surface area contributed by atoms with Crippen LogP contribution in [0.15, 0.2) is 18.3 Å². The average Bonchev–Trinajstić information content (AvgIpc) is 2.58. The Labute approximate surface area is 88.9 Å². The van der Waals surface area contributed by atoms with Gasteiger partial charge in [0.05, 0.1) is 0 Å². The van der Waals surface area contributed by atoms with E-state index >= 15 is 0 Å². The van der Waals surface area contributed by atoms with Gasteiger partial charge in [0.1, 0.15) is 5.52 Å². The van der Waals surface area contributed by atoms with E-state index in [0.29, 0.717) is 0 Å². The van der Waals surface area contributed by atoms with Crippen LogP contribution < -0.4 is 5.73 Å². The molecule has 2 aromatic rings. The molecule has 0 aromatic carbocycles. The Morgan fingerprint density at radius 2 is 2.12 bits per heavy atom. The van der Waals surface area contributed by atoms with Crippen molar-refractivity contribution in [2.75, 3.05) is 6.54 Å². The first-order valence-corrected chi connectivity index (χ1v) is 4.62. The number of hydrogen-bond acceptors (Lipinski definition) is 3. The van der Waals surface area contributed by atoms with E-state index in [-0.39, 0.29) is 24.3 Å². The van der Waals surface area contributed by atoms with Crippen LogP contribution in [-0.2, 0) is 12.7 Å². The van der Waals surface area contributed by atoms with Gasteiger partial charge in [0, 0.05) is 19.3 Å². The van der Waals surface area contributed by atoms with Crippen molar-refractivity contribution < 1.29 is 13.2 Å². The lowest BCUT2D eigenvalue weighted by molar-refractivity contribution is -0.146. The first-order valence-electron chi connectivity index (χ1n) is 4.62. The Morgan fingerprint density at radius 3 is 2.75 bits per heavy atom. The molecule has 0 aliphatic heterocycles. The Bertz CT molecular complexity index is 503. The number of nitrogens with two attached hydrogens (primary N) is 1. The van der Waals surface area contributed by atoms with E-state index in [2.05, 4.69) is 9.97 Å². The van der Waals surface area contributed by atoms with Gasteiger partial charge in [0.15, 0.2) is 5.65 Å². The van der Waals surface area contributed by atoms with Crippen LogP contribution in [0, 0.1) is 0 Å². The summed E-state index contributed by atoms with van der Waals surface area (Å²) in [6.07, 6.45) is -3.06. The third kappa shape index (κ3) is 1.73. The molecule has 0 aliphatic carbocycles. The van der Waals surface area contributed by atoms with E-state index in [1.165, 1.54) is 12.3 Å². The minimum absolute atomic E-state index is 0.0440. The molecule has 0 saturated carbocycles. The summed E-state index contributed by atoms with van der Waals surface area (Å²) >= 11 is 0. The molecule has 2 rings (SSSR count). The summed E-state index contributed by atoms with van der Waals surface area (Å²) in [5, 5.41) is 0. The van der Waals surface area contributed by atoms with Gasteiger partial charge in [-0.25, -0.2) is 9.97 Å². The van der Waals surface area contributed by atoms with E-state index < -0.39 is 12.0 Å². The zero-order valence-corrected chi connectivity index (χ0v) is 8.20. The highest BCUT2D eigenvalue weighted by molar-refractivity contribution is 5.71.